The monoisotopic (exact) mass is 357 g/mol. The van der Waals surface area contributed by atoms with Gasteiger partial charge in [0.2, 0.25) is 0 Å². The Morgan fingerprint density at radius 2 is 1.27 bits per heavy atom. The maximum Gasteiger partial charge on any atom is 0.272 e. The molecule has 0 saturated carbocycles. The van der Waals surface area contributed by atoms with E-state index in [1.807, 2.05) is 9.80 Å². The topological polar surface area (TPSA) is 53.5 Å². The highest BCUT2D eigenvalue weighted by Gasteiger charge is 2.32. The van der Waals surface area contributed by atoms with Gasteiger partial charge in [-0.25, -0.2) is 0 Å². The molecular weight excluding hydrogens is 326 g/mol. The van der Waals surface area contributed by atoms with Gasteiger partial charge in [-0.3, -0.25) is 14.6 Å². The summed E-state index contributed by atoms with van der Waals surface area (Å²) in [7, 11) is 0. The molecule has 2 aliphatic rings. The molecular formula is C21H31N3O2. The second-order valence-electron chi connectivity index (χ2n) is 8.11. The Kier molecular flexibility index (Phi) is 5.64. The summed E-state index contributed by atoms with van der Waals surface area (Å²) in [6.45, 7) is 8.42. The van der Waals surface area contributed by atoms with Crippen molar-refractivity contribution in [3.05, 3.63) is 29.6 Å². The van der Waals surface area contributed by atoms with Crippen molar-refractivity contribution in [2.45, 2.75) is 90.4 Å². The predicted molar refractivity (Wildman–Crippen MR) is 102 cm³/mol. The standard InChI is InChI=1S/C21H31N3O2/c1-14-7-5-8-15(2)23(14)20(25)18-11-12-19(22-13-18)21(26)24-16(3)9-6-10-17(24)4/h11-17H,5-10H2,1-4H3/t14-,15+,16-,17+. The van der Waals surface area contributed by atoms with Crippen molar-refractivity contribution >= 4 is 11.8 Å². The normalized spacial score (nSPS) is 29.5. The molecule has 1 aromatic heterocycles. The summed E-state index contributed by atoms with van der Waals surface area (Å²) < 4.78 is 0. The number of aromatic nitrogens is 1. The van der Waals surface area contributed by atoms with Crippen molar-refractivity contribution in [3.63, 3.8) is 0 Å². The van der Waals surface area contributed by atoms with E-state index in [0.717, 1.165) is 25.7 Å². The molecule has 0 radical (unpaired) electrons. The Morgan fingerprint density at radius 1 is 0.808 bits per heavy atom. The molecule has 1 aromatic rings. The van der Waals surface area contributed by atoms with Gasteiger partial charge in [-0.2, -0.15) is 0 Å². The lowest BCUT2D eigenvalue weighted by atomic mass is 9.96. The minimum absolute atomic E-state index is 0.0240. The molecule has 0 aromatic carbocycles. The average Bonchev–Trinajstić information content (AvgIpc) is 2.61. The Balaban J connectivity index is 1.75. The summed E-state index contributed by atoms with van der Waals surface area (Å²) in [5, 5.41) is 0. The van der Waals surface area contributed by atoms with Crippen LogP contribution in [0.3, 0.4) is 0 Å². The molecule has 3 rings (SSSR count). The van der Waals surface area contributed by atoms with Gasteiger partial charge in [0, 0.05) is 30.4 Å². The molecule has 0 unspecified atom stereocenters. The Bertz CT molecular complexity index is 581. The van der Waals surface area contributed by atoms with Gasteiger partial charge in [0.1, 0.15) is 5.69 Å². The van der Waals surface area contributed by atoms with E-state index >= 15 is 0 Å². The van der Waals surface area contributed by atoms with Gasteiger partial charge in [-0.05, 0) is 78.4 Å². The van der Waals surface area contributed by atoms with E-state index in [1.165, 1.54) is 12.8 Å². The van der Waals surface area contributed by atoms with Gasteiger partial charge in [-0.15, -0.1) is 0 Å². The largest absolute Gasteiger partial charge is 0.333 e. The molecule has 5 heteroatoms. The molecule has 2 fully saturated rings. The third-order valence-corrected chi connectivity index (χ3v) is 6.09. The first-order valence-electron chi connectivity index (χ1n) is 10.0. The molecule has 5 nitrogen and oxygen atoms in total. The van der Waals surface area contributed by atoms with Crippen LogP contribution in [0, 0.1) is 0 Å². The van der Waals surface area contributed by atoms with Crippen molar-refractivity contribution in [2.24, 2.45) is 0 Å². The van der Waals surface area contributed by atoms with Crippen LogP contribution >= 0.6 is 0 Å². The highest BCUT2D eigenvalue weighted by atomic mass is 16.2. The number of likely N-dealkylation sites (tertiary alicyclic amines) is 2. The van der Waals surface area contributed by atoms with Crippen LogP contribution in [0.2, 0.25) is 0 Å². The molecule has 4 atom stereocenters. The van der Waals surface area contributed by atoms with Gasteiger partial charge in [0.25, 0.3) is 11.8 Å². The van der Waals surface area contributed by atoms with E-state index in [1.54, 1.807) is 18.3 Å². The van der Waals surface area contributed by atoms with Gasteiger partial charge in [0.05, 0.1) is 5.56 Å². The molecule has 0 spiro atoms. The average molecular weight is 357 g/mol. The molecule has 3 heterocycles. The summed E-state index contributed by atoms with van der Waals surface area (Å²) in [5.74, 6) is -0.000634. The minimum Gasteiger partial charge on any atom is -0.333 e. The summed E-state index contributed by atoms with van der Waals surface area (Å²) in [4.78, 5) is 34.0. The first kappa shape index (κ1) is 18.9. The van der Waals surface area contributed by atoms with Crippen LogP contribution in [-0.4, -0.2) is 50.8 Å². The van der Waals surface area contributed by atoms with E-state index in [2.05, 4.69) is 32.7 Å². The third kappa shape index (κ3) is 3.62. The zero-order valence-electron chi connectivity index (χ0n) is 16.4. The van der Waals surface area contributed by atoms with Crippen LogP contribution in [0.1, 0.15) is 87.1 Å². The molecule has 142 valence electrons. The zero-order valence-corrected chi connectivity index (χ0v) is 16.4. The van der Waals surface area contributed by atoms with E-state index in [-0.39, 0.29) is 36.0 Å². The van der Waals surface area contributed by atoms with Gasteiger partial charge < -0.3 is 9.80 Å². The van der Waals surface area contributed by atoms with E-state index in [9.17, 15) is 9.59 Å². The quantitative estimate of drug-likeness (QED) is 0.807. The minimum atomic E-state index is -0.0246. The fraction of sp³-hybridized carbons (Fsp3) is 0.667. The second-order valence-corrected chi connectivity index (χ2v) is 8.11. The van der Waals surface area contributed by atoms with E-state index in [0.29, 0.717) is 11.3 Å². The number of carbonyl (C=O) groups is 2. The van der Waals surface area contributed by atoms with Crippen molar-refractivity contribution < 1.29 is 9.59 Å². The third-order valence-electron chi connectivity index (χ3n) is 6.09. The fourth-order valence-electron chi connectivity index (χ4n) is 4.57. The maximum atomic E-state index is 12.9. The van der Waals surface area contributed by atoms with Crippen LogP contribution in [0.5, 0.6) is 0 Å². The van der Waals surface area contributed by atoms with E-state index < -0.39 is 0 Å². The molecule has 2 saturated heterocycles. The van der Waals surface area contributed by atoms with Gasteiger partial charge in [-0.1, -0.05) is 0 Å². The molecule has 0 bridgehead atoms. The highest BCUT2D eigenvalue weighted by Crippen LogP contribution is 2.26. The van der Waals surface area contributed by atoms with E-state index in [4.69, 9.17) is 0 Å². The van der Waals surface area contributed by atoms with Crippen molar-refractivity contribution in [1.82, 2.24) is 14.8 Å². The molecule has 0 aliphatic carbocycles. The van der Waals surface area contributed by atoms with Gasteiger partial charge in [0.15, 0.2) is 0 Å². The second kappa shape index (κ2) is 7.77. The van der Waals surface area contributed by atoms with Crippen molar-refractivity contribution in [3.8, 4) is 0 Å². The number of piperidine rings is 2. The SMILES string of the molecule is C[C@@H]1CCC[C@H](C)N1C(=O)c1ccc(C(=O)N2[C@H](C)CCC[C@@H]2C)nc1. The van der Waals surface area contributed by atoms with Crippen molar-refractivity contribution in [2.75, 3.05) is 0 Å². The predicted octanol–water partition coefficient (Wildman–Crippen LogP) is 3.89. The number of pyridine rings is 1. The smallest absolute Gasteiger partial charge is 0.272 e. The summed E-state index contributed by atoms with van der Waals surface area (Å²) in [6.07, 6.45) is 8.08. The van der Waals surface area contributed by atoms with Crippen LogP contribution in [0.25, 0.3) is 0 Å². The fourth-order valence-corrected chi connectivity index (χ4v) is 4.57. The number of carbonyl (C=O) groups excluding carboxylic acids is 2. The highest BCUT2D eigenvalue weighted by molar-refractivity contribution is 5.96. The van der Waals surface area contributed by atoms with Crippen LogP contribution in [-0.2, 0) is 0 Å². The number of rotatable bonds is 2. The molecule has 2 amide bonds. The lowest BCUT2D eigenvalue weighted by Crippen LogP contribution is -2.48. The first-order chi connectivity index (χ1) is 12.4. The van der Waals surface area contributed by atoms with Crippen LogP contribution < -0.4 is 0 Å². The Hall–Kier alpha value is -1.91. The number of nitrogens with zero attached hydrogens (tertiary/aromatic N) is 3. The Morgan fingerprint density at radius 3 is 1.69 bits per heavy atom. The number of amides is 2. The zero-order chi connectivity index (χ0) is 18.8. The molecule has 2 aliphatic heterocycles. The number of hydrogen-bond donors (Lipinski definition) is 0. The van der Waals surface area contributed by atoms with Crippen LogP contribution in [0.4, 0.5) is 0 Å². The number of hydrogen-bond acceptors (Lipinski definition) is 3. The maximum absolute atomic E-state index is 12.9. The molecule has 0 N–H and O–H groups in total. The Labute approximate surface area is 156 Å². The summed E-state index contributed by atoms with van der Waals surface area (Å²) in [5.41, 5.74) is 1.00. The van der Waals surface area contributed by atoms with Crippen LogP contribution in [0.15, 0.2) is 18.3 Å². The first-order valence-corrected chi connectivity index (χ1v) is 10.0. The lowest BCUT2D eigenvalue weighted by molar-refractivity contribution is 0.0492. The summed E-state index contributed by atoms with van der Waals surface area (Å²) >= 11 is 0. The van der Waals surface area contributed by atoms with Gasteiger partial charge >= 0.3 is 0 Å². The summed E-state index contributed by atoms with van der Waals surface area (Å²) in [6, 6.07) is 4.46. The lowest BCUT2D eigenvalue weighted by Gasteiger charge is -2.39. The molecule has 26 heavy (non-hydrogen) atoms. The van der Waals surface area contributed by atoms with Crippen molar-refractivity contribution in [1.29, 1.82) is 0 Å².